The van der Waals surface area contributed by atoms with E-state index >= 15 is 0 Å². The van der Waals surface area contributed by atoms with Gasteiger partial charge in [-0.05, 0) is 6.42 Å². The van der Waals surface area contributed by atoms with E-state index in [9.17, 15) is 8.42 Å². The van der Waals surface area contributed by atoms with Gasteiger partial charge in [0.15, 0.2) is 0 Å². The molecule has 0 amide bonds. The first-order valence-electron chi connectivity index (χ1n) is 4.06. The fourth-order valence-corrected chi connectivity index (χ4v) is 1.76. The van der Waals surface area contributed by atoms with Crippen molar-refractivity contribution in [3.05, 3.63) is 19.2 Å². The van der Waals surface area contributed by atoms with Crippen molar-refractivity contribution >= 4 is 10.0 Å². The Kier molecular flexibility index (Phi) is 6.02. The minimum absolute atomic E-state index is 0.200. The lowest BCUT2D eigenvalue weighted by molar-refractivity contribution is 0.584. The van der Waals surface area contributed by atoms with Gasteiger partial charge in [0.25, 0.3) is 0 Å². The quantitative estimate of drug-likeness (QED) is 0.617. The van der Waals surface area contributed by atoms with Crippen molar-refractivity contribution in [2.24, 2.45) is 0 Å². The van der Waals surface area contributed by atoms with Crippen LogP contribution in [0.25, 0.3) is 0 Å². The SMILES string of the molecule is C=C[CH]NS(=O)(=O)CCCCC. The first-order chi connectivity index (χ1) is 5.62. The van der Waals surface area contributed by atoms with Gasteiger partial charge in [0, 0.05) is 0 Å². The lowest BCUT2D eigenvalue weighted by Crippen LogP contribution is -2.23. The molecule has 0 atom stereocenters. The maximum Gasteiger partial charge on any atom is 0.212 e. The van der Waals surface area contributed by atoms with Gasteiger partial charge < -0.3 is 0 Å². The lowest BCUT2D eigenvalue weighted by atomic mass is 10.3. The first-order valence-corrected chi connectivity index (χ1v) is 5.72. The van der Waals surface area contributed by atoms with Gasteiger partial charge in [-0.3, -0.25) is 0 Å². The molecule has 0 aromatic carbocycles. The molecule has 1 N–H and O–H groups in total. The van der Waals surface area contributed by atoms with Crippen molar-refractivity contribution in [2.45, 2.75) is 26.2 Å². The molecule has 0 aliphatic heterocycles. The summed E-state index contributed by atoms with van der Waals surface area (Å²) in [4.78, 5) is 0. The maximum atomic E-state index is 11.1. The predicted molar refractivity (Wildman–Crippen MR) is 50.9 cm³/mol. The summed E-state index contributed by atoms with van der Waals surface area (Å²) < 4.78 is 24.4. The second kappa shape index (κ2) is 6.20. The molecule has 0 unspecified atom stereocenters. The summed E-state index contributed by atoms with van der Waals surface area (Å²) in [5.41, 5.74) is 0. The van der Waals surface area contributed by atoms with Crippen LogP contribution < -0.4 is 4.72 Å². The highest BCUT2D eigenvalue weighted by molar-refractivity contribution is 7.89. The summed E-state index contributed by atoms with van der Waals surface area (Å²) in [5.74, 6) is 0.200. The molecule has 1 radical (unpaired) electrons. The Bertz CT molecular complexity index is 209. The van der Waals surface area contributed by atoms with Gasteiger partial charge >= 0.3 is 0 Å². The van der Waals surface area contributed by atoms with E-state index in [1.54, 1.807) is 0 Å². The van der Waals surface area contributed by atoms with Crippen molar-refractivity contribution in [2.75, 3.05) is 5.75 Å². The van der Waals surface area contributed by atoms with E-state index in [4.69, 9.17) is 0 Å². The van der Waals surface area contributed by atoms with Crippen molar-refractivity contribution in [1.29, 1.82) is 0 Å². The van der Waals surface area contributed by atoms with Crippen molar-refractivity contribution in [3.8, 4) is 0 Å². The van der Waals surface area contributed by atoms with Crippen LogP contribution in [0.15, 0.2) is 12.7 Å². The molecule has 0 bridgehead atoms. The lowest BCUT2D eigenvalue weighted by Gasteiger charge is -2.02. The van der Waals surface area contributed by atoms with Crippen molar-refractivity contribution in [1.82, 2.24) is 4.72 Å². The van der Waals surface area contributed by atoms with Crippen LogP contribution in [0.1, 0.15) is 26.2 Å². The van der Waals surface area contributed by atoms with Crippen molar-refractivity contribution in [3.63, 3.8) is 0 Å². The van der Waals surface area contributed by atoms with Crippen LogP contribution >= 0.6 is 0 Å². The van der Waals surface area contributed by atoms with E-state index in [0.29, 0.717) is 0 Å². The van der Waals surface area contributed by atoms with Gasteiger partial charge in [-0.2, -0.15) is 0 Å². The molecule has 0 aromatic heterocycles. The minimum atomic E-state index is -3.09. The Labute approximate surface area is 74.9 Å². The summed E-state index contributed by atoms with van der Waals surface area (Å²) in [5, 5.41) is 0. The number of hydrogen-bond acceptors (Lipinski definition) is 2. The zero-order chi connectivity index (χ0) is 9.45. The van der Waals surface area contributed by atoms with E-state index in [1.807, 2.05) is 6.92 Å². The minimum Gasteiger partial charge on any atom is -0.212 e. The van der Waals surface area contributed by atoms with E-state index in [2.05, 4.69) is 11.3 Å². The summed E-state index contributed by atoms with van der Waals surface area (Å²) in [7, 11) is -3.09. The van der Waals surface area contributed by atoms with Crippen LogP contribution in [0.5, 0.6) is 0 Å². The number of nitrogens with one attached hydrogen (secondary N) is 1. The predicted octanol–water partition coefficient (Wildman–Crippen LogP) is 1.44. The molecule has 0 spiro atoms. The van der Waals surface area contributed by atoms with Gasteiger partial charge in [0.05, 0.1) is 12.3 Å². The Morgan fingerprint density at radius 3 is 2.58 bits per heavy atom. The normalized spacial score (nSPS) is 11.4. The molecule has 71 valence electrons. The third-order valence-corrected chi connectivity index (χ3v) is 2.70. The van der Waals surface area contributed by atoms with Gasteiger partial charge in [0.1, 0.15) is 0 Å². The molecular weight excluding hydrogens is 174 g/mol. The molecule has 0 aliphatic carbocycles. The fraction of sp³-hybridized carbons (Fsp3) is 0.625. The van der Waals surface area contributed by atoms with Crippen LogP contribution in [0.2, 0.25) is 0 Å². The number of rotatable bonds is 7. The van der Waals surface area contributed by atoms with E-state index in [0.717, 1.165) is 19.3 Å². The smallest absolute Gasteiger partial charge is 0.212 e. The standard InChI is InChI=1S/C8H16NO2S/c1-3-5-6-8-12(10,11)9-7-4-2/h4,7,9H,2-3,5-6,8H2,1H3. The summed E-state index contributed by atoms with van der Waals surface area (Å²) in [6.45, 7) is 6.75. The average molecular weight is 190 g/mol. The van der Waals surface area contributed by atoms with Crippen molar-refractivity contribution < 1.29 is 8.42 Å². The highest BCUT2D eigenvalue weighted by Gasteiger charge is 2.06. The molecule has 0 aliphatic rings. The zero-order valence-electron chi connectivity index (χ0n) is 7.41. The Morgan fingerprint density at radius 2 is 2.08 bits per heavy atom. The third kappa shape index (κ3) is 6.37. The van der Waals surface area contributed by atoms with Gasteiger partial charge in [-0.1, -0.05) is 25.8 Å². The number of hydrogen-bond donors (Lipinski definition) is 1. The molecule has 0 heterocycles. The van der Waals surface area contributed by atoms with Crippen LogP contribution in [0, 0.1) is 6.54 Å². The zero-order valence-corrected chi connectivity index (χ0v) is 8.23. The Hall–Kier alpha value is -0.350. The second-order valence-electron chi connectivity index (χ2n) is 2.55. The molecule has 0 saturated heterocycles. The Morgan fingerprint density at radius 1 is 1.42 bits per heavy atom. The average Bonchev–Trinajstić information content (AvgIpc) is 2.01. The molecule has 0 saturated carbocycles. The topological polar surface area (TPSA) is 46.2 Å². The third-order valence-electron chi connectivity index (χ3n) is 1.38. The van der Waals surface area contributed by atoms with Crippen LogP contribution in [-0.4, -0.2) is 14.2 Å². The van der Waals surface area contributed by atoms with Crippen LogP contribution in [-0.2, 0) is 10.0 Å². The molecule has 3 nitrogen and oxygen atoms in total. The van der Waals surface area contributed by atoms with Gasteiger partial charge in [0.2, 0.25) is 10.0 Å². The largest absolute Gasteiger partial charge is 0.212 e. The van der Waals surface area contributed by atoms with Gasteiger partial charge in [-0.15, -0.1) is 6.58 Å². The molecular formula is C8H16NO2S. The van der Waals surface area contributed by atoms with E-state index in [-0.39, 0.29) is 5.75 Å². The van der Waals surface area contributed by atoms with Gasteiger partial charge in [-0.25, -0.2) is 13.1 Å². The fourth-order valence-electron chi connectivity index (χ4n) is 0.753. The van der Waals surface area contributed by atoms with E-state index in [1.165, 1.54) is 12.6 Å². The molecule has 0 fully saturated rings. The first kappa shape index (κ1) is 11.6. The summed E-state index contributed by atoms with van der Waals surface area (Å²) >= 11 is 0. The van der Waals surface area contributed by atoms with Crippen LogP contribution in [0.4, 0.5) is 0 Å². The Balaban J connectivity index is 3.64. The molecule has 0 aromatic rings. The van der Waals surface area contributed by atoms with E-state index < -0.39 is 10.0 Å². The second-order valence-corrected chi connectivity index (χ2v) is 4.42. The number of sulfonamides is 1. The highest BCUT2D eigenvalue weighted by Crippen LogP contribution is 1.97. The monoisotopic (exact) mass is 190 g/mol. The molecule has 4 heteroatoms. The summed E-state index contributed by atoms with van der Waals surface area (Å²) in [6.07, 6.45) is 4.11. The van der Waals surface area contributed by atoms with Crippen LogP contribution in [0.3, 0.4) is 0 Å². The number of unbranched alkanes of at least 4 members (excludes halogenated alkanes) is 2. The maximum absolute atomic E-state index is 11.1. The summed E-state index contributed by atoms with van der Waals surface area (Å²) in [6, 6.07) is 0. The molecule has 0 rings (SSSR count). The molecule has 12 heavy (non-hydrogen) atoms. The highest BCUT2D eigenvalue weighted by atomic mass is 32.2.